The van der Waals surface area contributed by atoms with Gasteiger partial charge in [0, 0.05) is 32.2 Å². The third-order valence-electron chi connectivity index (χ3n) is 3.88. The lowest BCUT2D eigenvalue weighted by molar-refractivity contribution is 0.163. The van der Waals surface area contributed by atoms with Crippen molar-refractivity contribution in [1.29, 1.82) is 0 Å². The Morgan fingerprint density at radius 2 is 1.76 bits per heavy atom. The number of nitrogens with two attached hydrogens (primary N) is 1. The largest absolute Gasteiger partial charge is 0.329 e. The van der Waals surface area contributed by atoms with Gasteiger partial charge in [-0.15, -0.1) is 0 Å². The van der Waals surface area contributed by atoms with Gasteiger partial charge in [0.1, 0.15) is 0 Å². The molecule has 120 valence electrons. The predicted molar refractivity (Wildman–Crippen MR) is 92.7 cm³/mol. The Bertz CT molecular complexity index is 426. The molecule has 0 bridgehead atoms. The summed E-state index contributed by atoms with van der Waals surface area (Å²) >= 11 is 0. The standard InChI is InChI=1S/C18H33N3/c1-14(2)13-21(10-9-20(5)6)18(12-19)17-8-7-15(3)11-16(17)4/h7-8,11,14,18H,9-10,12-13,19H2,1-6H3. The Morgan fingerprint density at radius 1 is 1.10 bits per heavy atom. The Kier molecular flexibility index (Phi) is 7.36. The Hall–Kier alpha value is -0.900. The molecule has 1 atom stereocenters. The van der Waals surface area contributed by atoms with E-state index in [9.17, 15) is 0 Å². The van der Waals surface area contributed by atoms with Crippen molar-refractivity contribution in [2.75, 3.05) is 40.3 Å². The minimum absolute atomic E-state index is 0.313. The molecular weight excluding hydrogens is 258 g/mol. The maximum atomic E-state index is 6.14. The molecule has 0 aliphatic heterocycles. The van der Waals surface area contributed by atoms with Crippen LogP contribution < -0.4 is 5.73 Å². The summed E-state index contributed by atoms with van der Waals surface area (Å²) in [5.41, 5.74) is 10.2. The summed E-state index contributed by atoms with van der Waals surface area (Å²) in [7, 11) is 4.25. The van der Waals surface area contributed by atoms with Crippen LogP contribution in [-0.2, 0) is 0 Å². The molecule has 2 N–H and O–H groups in total. The monoisotopic (exact) mass is 291 g/mol. The zero-order valence-electron chi connectivity index (χ0n) is 14.7. The van der Waals surface area contributed by atoms with E-state index in [0.29, 0.717) is 18.5 Å². The number of hydrogen-bond acceptors (Lipinski definition) is 3. The molecule has 0 aliphatic carbocycles. The van der Waals surface area contributed by atoms with Crippen molar-refractivity contribution >= 4 is 0 Å². The van der Waals surface area contributed by atoms with E-state index in [0.717, 1.165) is 19.6 Å². The second-order valence-corrected chi connectivity index (χ2v) is 6.80. The van der Waals surface area contributed by atoms with Crippen LogP contribution in [0.15, 0.2) is 18.2 Å². The lowest BCUT2D eigenvalue weighted by Crippen LogP contribution is -2.40. The van der Waals surface area contributed by atoms with Crippen LogP contribution >= 0.6 is 0 Å². The fourth-order valence-corrected chi connectivity index (χ4v) is 2.84. The van der Waals surface area contributed by atoms with Crippen LogP contribution in [0.5, 0.6) is 0 Å². The molecule has 0 amide bonds. The first kappa shape index (κ1) is 18.1. The Morgan fingerprint density at radius 3 is 2.24 bits per heavy atom. The van der Waals surface area contributed by atoms with Crippen LogP contribution in [0, 0.1) is 19.8 Å². The van der Waals surface area contributed by atoms with Crippen molar-refractivity contribution in [1.82, 2.24) is 9.80 Å². The van der Waals surface area contributed by atoms with Gasteiger partial charge in [-0.2, -0.15) is 0 Å². The van der Waals surface area contributed by atoms with Gasteiger partial charge in [-0.25, -0.2) is 0 Å². The summed E-state index contributed by atoms with van der Waals surface area (Å²) in [6.07, 6.45) is 0. The van der Waals surface area contributed by atoms with Crippen molar-refractivity contribution in [2.24, 2.45) is 11.7 Å². The van der Waals surface area contributed by atoms with E-state index >= 15 is 0 Å². The quantitative estimate of drug-likeness (QED) is 0.799. The highest BCUT2D eigenvalue weighted by molar-refractivity contribution is 5.33. The Balaban J connectivity index is 2.98. The van der Waals surface area contributed by atoms with E-state index in [4.69, 9.17) is 5.73 Å². The SMILES string of the molecule is Cc1ccc(C(CN)N(CCN(C)C)CC(C)C)c(C)c1. The molecule has 1 rings (SSSR count). The normalized spacial score (nSPS) is 13.4. The van der Waals surface area contributed by atoms with E-state index in [1.165, 1.54) is 16.7 Å². The lowest BCUT2D eigenvalue weighted by Gasteiger charge is -2.34. The Labute approximate surface area is 131 Å². The maximum absolute atomic E-state index is 6.14. The summed E-state index contributed by atoms with van der Waals surface area (Å²) < 4.78 is 0. The highest BCUT2D eigenvalue weighted by Gasteiger charge is 2.21. The molecule has 0 saturated heterocycles. The first-order chi connectivity index (χ1) is 9.85. The van der Waals surface area contributed by atoms with Crippen LogP contribution in [-0.4, -0.2) is 50.1 Å². The first-order valence-corrected chi connectivity index (χ1v) is 8.01. The topological polar surface area (TPSA) is 32.5 Å². The number of hydrogen-bond donors (Lipinski definition) is 1. The number of likely N-dealkylation sites (N-methyl/N-ethyl adjacent to an activating group) is 1. The van der Waals surface area contributed by atoms with Gasteiger partial charge < -0.3 is 10.6 Å². The second kappa shape index (κ2) is 8.52. The summed E-state index contributed by atoms with van der Waals surface area (Å²) in [6.45, 7) is 12.8. The highest BCUT2D eigenvalue weighted by atomic mass is 15.2. The predicted octanol–water partition coefficient (Wildman–Crippen LogP) is 2.82. The molecule has 3 heteroatoms. The number of nitrogens with zero attached hydrogens (tertiary/aromatic N) is 2. The van der Waals surface area contributed by atoms with Gasteiger partial charge in [0.25, 0.3) is 0 Å². The molecule has 1 unspecified atom stereocenters. The summed E-state index contributed by atoms with van der Waals surface area (Å²) in [4.78, 5) is 4.78. The van der Waals surface area contributed by atoms with Crippen molar-refractivity contribution in [2.45, 2.75) is 33.7 Å². The van der Waals surface area contributed by atoms with E-state index < -0.39 is 0 Å². The lowest BCUT2D eigenvalue weighted by atomic mass is 9.97. The van der Waals surface area contributed by atoms with E-state index in [1.54, 1.807) is 0 Å². The summed E-state index contributed by atoms with van der Waals surface area (Å²) in [5.74, 6) is 0.645. The van der Waals surface area contributed by atoms with Crippen LogP contribution in [0.2, 0.25) is 0 Å². The van der Waals surface area contributed by atoms with E-state index in [-0.39, 0.29) is 0 Å². The van der Waals surface area contributed by atoms with Gasteiger partial charge in [0.15, 0.2) is 0 Å². The fourth-order valence-electron chi connectivity index (χ4n) is 2.84. The molecule has 3 nitrogen and oxygen atoms in total. The van der Waals surface area contributed by atoms with Gasteiger partial charge in [0.2, 0.25) is 0 Å². The molecule has 0 aliphatic rings. The third kappa shape index (κ3) is 5.77. The molecule has 0 fully saturated rings. The van der Waals surface area contributed by atoms with Gasteiger partial charge in [-0.05, 0) is 45.0 Å². The minimum Gasteiger partial charge on any atom is -0.329 e. The van der Waals surface area contributed by atoms with Crippen molar-refractivity contribution in [3.05, 3.63) is 34.9 Å². The molecule has 0 spiro atoms. The van der Waals surface area contributed by atoms with Crippen LogP contribution in [0.25, 0.3) is 0 Å². The zero-order chi connectivity index (χ0) is 16.0. The number of aryl methyl sites for hydroxylation is 2. The first-order valence-electron chi connectivity index (χ1n) is 8.01. The molecule has 0 aromatic heterocycles. The van der Waals surface area contributed by atoms with Crippen molar-refractivity contribution < 1.29 is 0 Å². The molecule has 0 radical (unpaired) electrons. The summed E-state index contributed by atoms with van der Waals surface area (Å²) in [6, 6.07) is 7.03. The van der Waals surface area contributed by atoms with E-state index in [2.05, 4.69) is 69.8 Å². The minimum atomic E-state index is 0.313. The molecule has 0 saturated carbocycles. The number of benzene rings is 1. The average Bonchev–Trinajstić information content (AvgIpc) is 2.38. The van der Waals surface area contributed by atoms with Gasteiger partial charge in [0.05, 0.1) is 0 Å². The van der Waals surface area contributed by atoms with Crippen LogP contribution in [0.4, 0.5) is 0 Å². The smallest absolute Gasteiger partial charge is 0.0473 e. The maximum Gasteiger partial charge on any atom is 0.0473 e. The van der Waals surface area contributed by atoms with Gasteiger partial charge >= 0.3 is 0 Å². The van der Waals surface area contributed by atoms with Crippen molar-refractivity contribution in [3.8, 4) is 0 Å². The average molecular weight is 291 g/mol. The second-order valence-electron chi connectivity index (χ2n) is 6.80. The fraction of sp³-hybridized carbons (Fsp3) is 0.667. The van der Waals surface area contributed by atoms with Gasteiger partial charge in [-0.1, -0.05) is 37.6 Å². The van der Waals surface area contributed by atoms with Crippen molar-refractivity contribution in [3.63, 3.8) is 0 Å². The highest BCUT2D eigenvalue weighted by Crippen LogP contribution is 2.24. The van der Waals surface area contributed by atoms with Gasteiger partial charge in [-0.3, -0.25) is 4.90 Å². The zero-order valence-corrected chi connectivity index (χ0v) is 14.7. The van der Waals surface area contributed by atoms with E-state index in [1.807, 2.05) is 0 Å². The third-order valence-corrected chi connectivity index (χ3v) is 3.88. The molecule has 1 aromatic rings. The summed E-state index contributed by atoms with van der Waals surface area (Å²) in [5, 5.41) is 0. The molecule has 0 heterocycles. The number of rotatable bonds is 8. The molecule has 1 aromatic carbocycles. The van der Waals surface area contributed by atoms with Crippen LogP contribution in [0.3, 0.4) is 0 Å². The van der Waals surface area contributed by atoms with Crippen LogP contribution in [0.1, 0.15) is 36.6 Å². The molecular formula is C18H33N3. The molecule has 21 heavy (non-hydrogen) atoms.